The molecule has 25 heavy (non-hydrogen) atoms. The third-order valence-corrected chi connectivity index (χ3v) is 6.05. The average molecular weight is 337 g/mol. The summed E-state index contributed by atoms with van der Waals surface area (Å²) < 4.78 is 0. The number of hydrogen-bond donors (Lipinski definition) is 1. The van der Waals surface area contributed by atoms with E-state index in [4.69, 9.17) is 0 Å². The smallest absolute Gasteiger partial charge is 0.125 e. The zero-order chi connectivity index (χ0) is 17.4. The van der Waals surface area contributed by atoms with E-state index in [9.17, 15) is 5.11 Å². The van der Waals surface area contributed by atoms with Gasteiger partial charge >= 0.3 is 0 Å². The molecule has 0 unspecified atom stereocenters. The van der Waals surface area contributed by atoms with Crippen LogP contribution in [0, 0.1) is 25.7 Å². The van der Waals surface area contributed by atoms with Crippen molar-refractivity contribution in [2.75, 3.05) is 13.1 Å². The van der Waals surface area contributed by atoms with Crippen molar-refractivity contribution in [2.24, 2.45) is 11.8 Å². The van der Waals surface area contributed by atoms with Gasteiger partial charge in [-0.25, -0.2) is 9.97 Å². The maximum atomic E-state index is 11.6. The fourth-order valence-electron chi connectivity index (χ4n) is 4.70. The zero-order valence-electron chi connectivity index (χ0n) is 15.2. The molecule has 0 amide bonds. The summed E-state index contributed by atoms with van der Waals surface area (Å²) in [7, 11) is 0. The number of hydrogen-bond acceptors (Lipinski definition) is 4. The molecule has 1 aromatic carbocycles. The predicted octanol–water partition coefficient (Wildman–Crippen LogP) is 3.21. The monoisotopic (exact) mass is 337 g/mol. The SMILES string of the molecule is Cc1ccc([C@@]2(O)CCC[C@@H]3CN(Cc4cnc(C)nc4)C[C@@H]32)cc1. The van der Waals surface area contributed by atoms with E-state index in [1.54, 1.807) is 0 Å². The number of fused-ring (bicyclic) bond motifs is 1. The van der Waals surface area contributed by atoms with Crippen molar-refractivity contribution in [3.8, 4) is 0 Å². The van der Waals surface area contributed by atoms with Crippen LogP contribution in [0.5, 0.6) is 0 Å². The third-order valence-electron chi connectivity index (χ3n) is 6.05. The summed E-state index contributed by atoms with van der Waals surface area (Å²) in [6, 6.07) is 8.48. The first-order valence-electron chi connectivity index (χ1n) is 9.34. The lowest BCUT2D eigenvalue weighted by Gasteiger charge is -2.41. The molecule has 2 heterocycles. The van der Waals surface area contributed by atoms with Crippen LogP contribution in [0.2, 0.25) is 0 Å². The lowest BCUT2D eigenvalue weighted by Crippen LogP contribution is -2.42. The highest BCUT2D eigenvalue weighted by Crippen LogP contribution is 2.48. The van der Waals surface area contributed by atoms with Gasteiger partial charge in [0.05, 0.1) is 5.60 Å². The van der Waals surface area contributed by atoms with Gasteiger partial charge in [0.15, 0.2) is 0 Å². The second-order valence-corrected chi connectivity index (χ2v) is 7.88. The van der Waals surface area contributed by atoms with Gasteiger partial charge in [-0.2, -0.15) is 0 Å². The first kappa shape index (κ1) is 16.7. The molecule has 2 aromatic rings. The van der Waals surface area contributed by atoms with E-state index in [-0.39, 0.29) is 0 Å². The highest BCUT2D eigenvalue weighted by Gasteiger charge is 2.49. The highest BCUT2D eigenvalue weighted by molar-refractivity contribution is 5.28. The summed E-state index contributed by atoms with van der Waals surface area (Å²) >= 11 is 0. The van der Waals surface area contributed by atoms with Crippen molar-refractivity contribution in [2.45, 2.75) is 45.3 Å². The second-order valence-electron chi connectivity index (χ2n) is 7.88. The van der Waals surface area contributed by atoms with Gasteiger partial charge in [0.2, 0.25) is 0 Å². The fourth-order valence-corrected chi connectivity index (χ4v) is 4.70. The molecule has 132 valence electrons. The van der Waals surface area contributed by atoms with Crippen molar-refractivity contribution >= 4 is 0 Å². The molecule has 4 rings (SSSR count). The van der Waals surface area contributed by atoms with Gasteiger partial charge in [0.25, 0.3) is 0 Å². The molecule has 0 spiro atoms. The molecule has 2 aliphatic rings. The van der Waals surface area contributed by atoms with E-state index in [1.807, 2.05) is 19.3 Å². The van der Waals surface area contributed by atoms with Gasteiger partial charge in [-0.1, -0.05) is 29.8 Å². The number of benzene rings is 1. The van der Waals surface area contributed by atoms with Crippen LogP contribution in [0.3, 0.4) is 0 Å². The van der Waals surface area contributed by atoms with Crippen LogP contribution in [0.15, 0.2) is 36.7 Å². The van der Waals surface area contributed by atoms with Gasteiger partial charge in [-0.3, -0.25) is 4.90 Å². The lowest BCUT2D eigenvalue weighted by molar-refractivity contribution is -0.0648. The topological polar surface area (TPSA) is 49.2 Å². The second kappa shape index (κ2) is 6.50. The Morgan fingerprint density at radius 2 is 1.84 bits per heavy atom. The van der Waals surface area contributed by atoms with E-state index in [1.165, 1.54) is 12.0 Å². The quantitative estimate of drug-likeness (QED) is 0.934. The summed E-state index contributed by atoms with van der Waals surface area (Å²) in [6.07, 6.45) is 7.05. The van der Waals surface area contributed by atoms with Gasteiger partial charge in [0.1, 0.15) is 5.82 Å². The number of rotatable bonds is 3. The van der Waals surface area contributed by atoms with E-state index in [0.717, 1.165) is 49.4 Å². The maximum Gasteiger partial charge on any atom is 0.125 e. The molecule has 1 aliphatic carbocycles. The van der Waals surface area contributed by atoms with Crippen LogP contribution in [-0.4, -0.2) is 33.1 Å². The van der Waals surface area contributed by atoms with Gasteiger partial charge in [0, 0.05) is 43.5 Å². The molecule has 1 saturated carbocycles. The standard InChI is InChI=1S/C21H27N3O/c1-15-5-7-19(8-6-15)21(25)9-3-4-18-13-24(14-20(18)21)12-17-10-22-16(2)23-11-17/h5-8,10-11,18,20,25H,3-4,9,12-14H2,1-2H3/t18-,20+,21+/m1/s1. The van der Waals surface area contributed by atoms with Crippen LogP contribution in [0.25, 0.3) is 0 Å². The molecule has 1 aromatic heterocycles. The number of nitrogens with zero attached hydrogens (tertiary/aromatic N) is 3. The van der Waals surface area contributed by atoms with Crippen LogP contribution in [-0.2, 0) is 12.1 Å². The Hall–Kier alpha value is -1.78. The first-order chi connectivity index (χ1) is 12.0. The molecular formula is C21H27N3O. The molecule has 0 radical (unpaired) electrons. The molecule has 1 N–H and O–H groups in total. The Kier molecular flexibility index (Phi) is 4.34. The molecule has 1 saturated heterocycles. The zero-order valence-corrected chi connectivity index (χ0v) is 15.2. The van der Waals surface area contributed by atoms with Crippen molar-refractivity contribution in [1.82, 2.24) is 14.9 Å². The predicted molar refractivity (Wildman–Crippen MR) is 98.0 cm³/mol. The summed E-state index contributed by atoms with van der Waals surface area (Å²) in [4.78, 5) is 11.1. The number of likely N-dealkylation sites (tertiary alicyclic amines) is 1. The van der Waals surface area contributed by atoms with Crippen LogP contribution in [0.4, 0.5) is 0 Å². The molecule has 4 heteroatoms. The van der Waals surface area contributed by atoms with Crippen molar-refractivity contribution in [3.05, 3.63) is 59.2 Å². The van der Waals surface area contributed by atoms with E-state index < -0.39 is 5.60 Å². The number of aromatic nitrogens is 2. The summed E-state index contributed by atoms with van der Waals surface area (Å²) in [5.41, 5.74) is 2.80. The molecule has 3 atom stereocenters. The van der Waals surface area contributed by atoms with Crippen molar-refractivity contribution < 1.29 is 5.11 Å². The lowest BCUT2D eigenvalue weighted by atomic mass is 9.67. The van der Waals surface area contributed by atoms with Crippen LogP contribution < -0.4 is 0 Å². The van der Waals surface area contributed by atoms with Crippen molar-refractivity contribution in [1.29, 1.82) is 0 Å². The minimum Gasteiger partial charge on any atom is -0.385 e. The minimum absolute atomic E-state index is 0.315. The Morgan fingerprint density at radius 1 is 1.12 bits per heavy atom. The number of aliphatic hydroxyl groups is 1. The van der Waals surface area contributed by atoms with E-state index >= 15 is 0 Å². The highest BCUT2D eigenvalue weighted by atomic mass is 16.3. The number of aryl methyl sites for hydroxylation is 2. The molecule has 1 aliphatic heterocycles. The molecule has 2 fully saturated rings. The minimum atomic E-state index is -0.685. The van der Waals surface area contributed by atoms with Crippen LogP contribution in [0.1, 0.15) is 41.8 Å². The molecule has 4 nitrogen and oxygen atoms in total. The Balaban J connectivity index is 1.53. The Morgan fingerprint density at radius 3 is 2.56 bits per heavy atom. The fraction of sp³-hybridized carbons (Fsp3) is 0.524. The Bertz CT molecular complexity index is 728. The van der Waals surface area contributed by atoms with Gasteiger partial charge in [-0.05, 0) is 44.6 Å². The van der Waals surface area contributed by atoms with Crippen molar-refractivity contribution in [3.63, 3.8) is 0 Å². The third kappa shape index (κ3) is 3.21. The van der Waals surface area contributed by atoms with E-state index in [0.29, 0.717) is 11.8 Å². The summed E-state index contributed by atoms with van der Waals surface area (Å²) in [5, 5.41) is 11.6. The maximum absolute atomic E-state index is 11.6. The average Bonchev–Trinajstić information content (AvgIpc) is 3.02. The molecule has 0 bridgehead atoms. The normalized spacial score (nSPS) is 29.6. The van der Waals surface area contributed by atoms with Gasteiger partial charge < -0.3 is 5.11 Å². The Labute approximate surface area is 149 Å². The van der Waals surface area contributed by atoms with Gasteiger partial charge in [-0.15, -0.1) is 0 Å². The summed E-state index contributed by atoms with van der Waals surface area (Å²) in [5.74, 6) is 1.70. The first-order valence-corrected chi connectivity index (χ1v) is 9.34. The van der Waals surface area contributed by atoms with E-state index in [2.05, 4.69) is 46.1 Å². The largest absolute Gasteiger partial charge is 0.385 e. The molecular weight excluding hydrogens is 310 g/mol. The van der Waals surface area contributed by atoms with Crippen LogP contribution >= 0.6 is 0 Å². The summed E-state index contributed by atoms with van der Waals surface area (Å²) in [6.45, 7) is 6.89.